The summed E-state index contributed by atoms with van der Waals surface area (Å²) in [6.45, 7) is 5.53. The lowest BCUT2D eigenvalue weighted by atomic mass is 10.1. The first-order valence-electron chi connectivity index (χ1n) is 10.9. The molecular weight excluding hydrogens is 434 g/mol. The number of aromatic nitrogens is 2. The van der Waals surface area contributed by atoms with E-state index >= 15 is 0 Å². The molecule has 1 aromatic heterocycles. The average Bonchev–Trinajstić information content (AvgIpc) is 3.27. The van der Waals surface area contributed by atoms with Crippen LogP contribution < -0.4 is 15.0 Å². The van der Waals surface area contributed by atoms with Gasteiger partial charge in [0.2, 0.25) is 0 Å². The van der Waals surface area contributed by atoms with Crippen LogP contribution in [0.15, 0.2) is 60.7 Å². The standard InChI is InChI=1S/C25H25N5O4/c1-4-29(5-2)22-15-20-19(26-24(27-20)18-11-6-7-12-23(18)34-3)14-21(22)28-25(31)16-9-8-10-17(13-16)30(32)33/h6-15H,4-5H2,1-3H3,(H,26,27)(H,28,31). The Balaban J connectivity index is 1.78. The average molecular weight is 460 g/mol. The minimum absolute atomic E-state index is 0.138. The second kappa shape index (κ2) is 9.62. The Hall–Kier alpha value is -4.40. The number of non-ortho nitro benzene ring substituents is 1. The number of nitro benzene ring substituents is 1. The number of H-pyrrole nitrogens is 1. The number of carbonyl (C=O) groups is 1. The molecule has 0 aliphatic carbocycles. The predicted octanol–water partition coefficient (Wildman–Crippen LogP) is 5.25. The number of benzene rings is 3. The number of aromatic amines is 1. The Labute approximate surface area is 196 Å². The summed E-state index contributed by atoms with van der Waals surface area (Å²) in [5.74, 6) is 0.918. The van der Waals surface area contributed by atoms with Crippen LogP contribution in [0.2, 0.25) is 0 Å². The zero-order chi connectivity index (χ0) is 24.2. The van der Waals surface area contributed by atoms with E-state index in [1.165, 1.54) is 18.2 Å². The van der Waals surface area contributed by atoms with Crippen LogP contribution in [0.4, 0.5) is 17.1 Å². The van der Waals surface area contributed by atoms with Crippen LogP contribution in [0.5, 0.6) is 5.75 Å². The summed E-state index contributed by atoms with van der Waals surface area (Å²) in [6, 6.07) is 17.0. The zero-order valence-electron chi connectivity index (χ0n) is 19.2. The molecule has 0 bridgehead atoms. The van der Waals surface area contributed by atoms with E-state index in [1.54, 1.807) is 13.2 Å². The molecule has 34 heavy (non-hydrogen) atoms. The van der Waals surface area contributed by atoms with Gasteiger partial charge >= 0.3 is 0 Å². The molecule has 9 nitrogen and oxygen atoms in total. The lowest BCUT2D eigenvalue weighted by molar-refractivity contribution is -0.384. The highest BCUT2D eigenvalue weighted by Crippen LogP contribution is 2.34. The molecule has 0 fully saturated rings. The number of nitrogens with one attached hydrogen (secondary N) is 2. The quantitative estimate of drug-likeness (QED) is 0.275. The van der Waals surface area contributed by atoms with Gasteiger partial charge in [-0.1, -0.05) is 18.2 Å². The summed E-state index contributed by atoms with van der Waals surface area (Å²) in [5, 5.41) is 14.0. The van der Waals surface area contributed by atoms with Crippen molar-refractivity contribution < 1.29 is 14.5 Å². The molecule has 0 aliphatic rings. The largest absolute Gasteiger partial charge is 0.496 e. The monoisotopic (exact) mass is 459 g/mol. The van der Waals surface area contributed by atoms with Gasteiger partial charge in [0, 0.05) is 30.8 Å². The van der Waals surface area contributed by atoms with Gasteiger partial charge in [-0.3, -0.25) is 14.9 Å². The summed E-state index contributed by atoms with van der Waals surface area (Å²) >= 11 is 0. The van der Waals surface area contributed by atoms with Crippen LogP contribution in [-0.2, 0) is 0 Å². The number of rotatable bonds is 8. The second-order valence-corrected chi connectivity index (χ2v) is 7.61. The SMILES string of the molecule is CCN(CC)c1cc2[nH]c(-c3ccccc3OC)nc2cc1NC(=O)c1cccc([N+](=O)[O-])c1. The van der Waals surface area contributed by atoms with Crippen molar-refractivity contribution in [2.24, 2.45) is 0 Å². The first kappa shape index (κ1) is 22.8. The van der Waals surface area contributed by atoms with E-state index < -0.39 is 10.8 Å². The third-order valence-corrected chi connectivity index (χ3v) is 5.63. The molecule has 4 rings (SSSR count). The number of nitrogens with zero attached hydrogens (tertiary/aromatic N) is 3. The number of hydrogen-bond donors (Lipinski definition) is 2. The van der Waals surface area contributed by atoms with Crippen LogP contribution in [0.1, 0.15) is 24.2 Å². The number of anilines is 2. The second-order valence-electron chi connectivity index (χ2n) is 7.61. The summed E-state index contributed by atoms with van der Waals surface area (Å²) < 4.78 is 5.47. The van der Waals surface area contributed by atoms with Crippen LogP contribution in [0, 0.1) is 10.1 Å². The van der Waals surface area contributed by atoms with Gasteiger partial charge < -0.3 is 19.9 Å². The van der Waals surface area contributed by atoms with Gasteiger partial charge in [0.25, 0.3) is 11.6 Å². The van der Waals surface area contributed by atoms with Gasteiger partial charge in [-0.2, -0.15) is 0 Å². The van der Waals surface area contributed by atoms with E-state index in [9.17, 15) is 14.9 Å². The number of methoxy groups -OCH3 is 1. The topological polar surface area (TPSA) is 113 Å². The van der Waals surface area contributed by atoms with Gasteiger partial charge in [-0.25, -0.2) is 4.98 Å². The number of para-hydroxylation sites is 1. The number of nitro groups is 1. The van der Waals surface area contributed by atoms with Gasteiger partial charge in [-0.05, 0) is 44.2 Å². The molecule has 0 unspecified atom stereocenters. The van der Waals surface area contributed by atoms with Crippen molar-refractivity contribution in [2.45, 2.75) is 13.8 Å². The minimum atomic E-state index is -0.521. The molecule has 2 N–H and O–H groups in total. The highest BCUT2D eigenvalue weighted by atomic mass is 16.6. The lowest BCUT2D eigenvalue weighted by Gasteiger charge is -2.24. The molecule has 4 aromatic rings. The molecule has 0 spiro atoms. The highest BCUT2D eigenvalue weighted by molar-refractivity contribution is 6.07. The highest BCUT2D eigenvalue weighted by Gasteiger charge is 2.18. The first-order chi connectivity index (χ1) is 16.4. The van der Waals surface area contributed by atoms with E-state index in [-0.39, 0.29) is 11.3 Å². The van der Waals surface area contributed by atoms with Crippen LogP contribution >= 0.6 is 0 Å². The zero-order valence-corrected chi connectivity index (χ0v) is 19.2. The van der Waals surface area contributed by atoms with Crippen molar-refractivity contribution >= 4 is 34.0 Å². The summed E-state index contributed by atoms with van der Waals surface area (Å²) in [6.07, 6.45) is 0. The molecule has 0 atom stereocenters. The summed E-state index contributed by atoms with van der Waals surface area (Å²) in [5.41, 5.74) is 3.78. The van der Waals surface area contributed by atoms with E-state index in [1.807, 2.05) is 50.2 Å². The molecule has 0 radical (unpaired) electrons. The maximum atomic E-state index is 13.0. The molecule has 0 saturated heterocycles. The fraction of sp³-hybridized carbons (Fsp3) is 0.200. The fourth-order valence-electron chi connectivity index (χ4n) is 3.89. The first-order valence-corrected chi connectivity index (χ1v) is 10.9. The fourth-order valence-corrected chi connectivity index (χ4v) is 3.89. The van der Waals surface area contributed by atoms with E-state index in [4.69, 9.17) is 9.72 Å². The van der Waals surface area contributed by atoms with Crippen LogP contribution in [0.3, 0.4) is 0 Å². The summed E-state index contributed by atoms with van der Waals surface area (Å²) in [7, 11) is 1.61. The van der Waals surface area contributed by atoms with E-state index in [2.05, 4.69) is 15.2 Å². The molecule has 9 heteroatoms. The van der Waals surface area contributed by atoms with Crippen LogP contribution in [0.25, 0.3) is 22.4 Å². The van der Waals surface area contributed by atoms with Gasteiger partial charge in [0.1, 0.15) is 11.6 Å². The van der Waals surface area contributed by atoms with Gasteiger partial charge in [0.15, 0.2) is 0 Å². The van der Waals surface area contributed by atoms with Crippen molar-refractivity contribution in [1.82, 2.24) is 9.97 Å². The van der Waals surface area contributed by atoms with Crippen LogP contribution in [-0.4, -0.2) is 41.0 Å². The third-order valence-electron chi connectivity index (χ3n) is 5.63. The Morgan fingerprint density at radius 3 is 2.59 bits per heavy atom. The van der Waals surface area contributed by atoms with Crippen molar-refractivity contribution in [3.63, 3.8) is 0 Å². The Morgan fingerprint density at radius 1 is 1.12 bits per heavy atom. The minimum Gasteiger partial charge on any atom is -0.496 e. The summed E-state index contributed by atoms with van der Waals surface area (Å²) in [4.78, 5) is 33.8. The van der Waals surface area contributed by atoms with E-state index in [0.717, 1.165) is 29.9 Å². The number of hydrogen-bond acceptors (Lipinski definition) is 6. The number of amides is 1. The number of imidazole rings is 1. The molecule has 1 amide bonds. The smallest absolute Gasteiger partial charge is 0.270 e. The van der Waals surface area contributed by atoms with Crippen molar-refractivity contribution in [3.05, 3.63) is 76.3 Å². The maximum Gasteiger partial charge on any atom is 0.270 e. The van der Waals surface area contributed by atoms with Gasteiger partial charge in [-0.15, -0.1) is 0 Å². The molecular formula is C25H25N5O4. The normalized spacial score (nSPS) is 10.8. The molecule has 3 aromatic carbocycles. The van der Waals surface area contributed by atoms with Gasteiger partial charge in [0.05, 0.1) is 40.0 Å². The lowest BCUT2D eigenvalue weighted by Crippen LogP contribution is -2.24. The molecule has 0 saturated carbocycles. The van der Waals surface area contributed by atoms with E-state index in [0.29, 0.717) is 22.8 Å². The maximum absolute atomic E-state index is 13.0. The molecule has 0 aliphatic heterocycles. The Morgan fingerprint density at radius 2 is 1.88 bits per heavy atom. The van der Waals surface area contributed by atoms with Crippen molar-refractivity contribution in [3.8, 4) is 17.1 Å². The third kappa shape index (κ3) is 4.40. The number of ether oxygens (including phenoxy) is 1. The molecule has 1 heterocycles. The Kier molecular flexibility index (Phi) is 6.44. The van der Waals surface area contributed by atoms with Crippen molar-refractivity contribution in [2.75, 3.05) is 30.4 Å². The number of carbonyl (C=O) groups excluding carboxylic acids is 1. The predicted molar refractivity (Wildman–Crippen MR) is 133 cm³/mol. The Bertz CT molecular complexity index is 1360. The molecule has 174 valence electrons. The van der Waals surface area contributed by atoms with Crippen molar-refractivity contribution in [1.29, 1.82) is 0 Å². The number of fused-ring (bicyclic) bond motifs is 1.